The lowest BCUT2D eigenvalue weighted by Gasteiger charge is -2.35. The van der Waals surface area contributed by atoms with Gasteiger partial charge in [0.15, 0.2) is 11.6 Å². The fraction of sp³-hybridized carbons (Fsp3) is 0.600. The van der Waals surface area contributed by atoms with E-state index in [1.807, 2.05) is 0 Å². The van der Waals surface area contributed by atoms with Crippen molar-refractivity contribution in [1.29, 1.82) is 0 Å². The fourth-order valence-electron chi connectivity index (χ4n) is 2.91. The first-order valence-electron chi connectivity index (χ1n) is 7.14. The lowest BCUT2D eigenvalue weighted by atomic mass is 9.98. The van der Waals surface area contributed by atoms with Gasteiger partial charge in [0.2, 0.25) is 0 Å². The molecular weight excluding hydrogens is 246 g/mol. The van der Waals surface area contributed by atoms with Crippen molar-refractivity contribution in [2.75, 3.05) is 26.2 Å². The molecule has 0 aromatic heterocycles. The third-order valence-corrected chi connectivity index (χ3v) is 4.19. The van der Waals surface area contributed by atoms with Crippen molar-refractivity contribution in [2.24, 2.45) is 5.92 Å². The minimum absolute atomic E-state index is 0.0327. The third-order valence-electron chi connectivity index (χ3n) is 4.19. The van der Waals surface area contributed by atoms with E-state index in [1.165, 1.54) is 18.9 Å². The van der Waals surface area contributed by atoms with Gasteiger partial charge < -0.3 is 5.32 Å². The largest absolute Gasteiger partial charge is 0.314 e. The van der Waals surface area contributed by atoms with Gasteiger partial charge in [-0.3, -0.25) is 4.90 Å². The molecule has 1 aromatic carbocycles. The molecule has 1 heterocycles. The molecule has 1 aliphatic carbocycles. The first kappa shape index (κ1) is 13.0. The van der Waals surface area contributed by atoms with Crippen LogP contribution in [0.5, 0.6) is 0 Å². The summed E-state index contributed by atoms with van der Waals surface area (Å²) < 4.78 is 27.5. The van der Waals surface area contributed by atoms with E-state index in [4.69, 9.17) is 0 Å². The van der Waals surface area contributed by atoms with E-state index in [0.717, 1.165) is 32.6 Å². The van der Waals surface area contributed by atoms with Crippen molar-refractivity contribution in [2.45, 2.75) is 25.3 Å². The minimum Gasteiger partial charge on any atom is -0.314 e. The lowest BCUT2D eigenvalue weighted by molar-refractivity contribution is 0.156. The third kappa shape index (κ3) is 2.95. The van der Waals surface area contributed by atoms with Crippen LogP contribution in [0.2, 0.25) is 0 Å². The molecule has 1 aliphatic heterocycles. The van der Waals surface area contributed by atoms with Crippen molar-refractivity contribution in [1.82, 2.24) is 10.2 Å². The van der Waals surface area contributed by atoms with Gasteiger partial charge in [0.05, 0.1) is 0 Å². The Labute approximate surface area is 112 Å². The van der Waals surface area contributed by atoms with Gasteiger partial charge in [0, 0.05) is 37.8 Å². The summed E-state index contributed by atoms with van der Waals surface area (Å²) in [6.07, 6.45) is 3.43. The molecule has 0 spiro atoms. The van der Waals surface area contributed by atoms with Crippen LogP contribution in [-0.2, 0) is 0 Å². The molecule has 2 fully saturated rings. The van der Waals surface area contributed by atoms with E-state index in [1.54, 1.807) is 12.1 Å². The van der Waals surface area contributed by atoms with Gasteiger partial charge >= 0.3 is 0 Å². The van der Waals surface area contributed by atoms with E-state index in [2.05, 4.69) is 10.2 Å². The number of nitrogens with zero attached hydrogens (tertiary/aromatic N) is 1. The molecule has 0 unspecified atom stereocenters. The zero-order valence-corrected chi connectivity index (χ0v) is 11.0. The molecule has 1 saturated heterocycles. The smallest absolute Gasteiger partial charge is 0.163 e. The number of rotatable bonds is 4. The highest BCUT2D eigenvalue weighted by molar-refractivity contribution is 5.23. The first-order valence-corrected chi connectivity index (χ1v) is 7.14. The number of halogens is 2. The van der Waals surface area contributed by atoms with Crippen molar-refractivity contribution >= 4 is 0 Å². The van der Waals surface area contributed by atoms with Crippen molar-refractivity contribution in [3.05, 3.63) is 35.4 Å². The highest BCUT2D eigenvalue weighted by Gasteiger charge is 2.32. The maximum Gasteiger partial charge on any atom is 0.163 e. The molecule has 1 N–H and O–H groups in total. The maximum atomic E-state index is 14.1. The number of nitrogens with one attached hydrogen (secondary N) is 1. The highest BCUT2D eigenvalue weighted by Crippen LogP contribution is 2.40. The molecule has 0 bridgehead atoms. The van der Waals surface area contributed by atoms with Gasteiger partial charge in [-0.2, -0.15) is 0 Å². The number of hydrogen-bond donors (Lipinski definition) is 1. The molecule has 3 rings (SSSR count). The van der Waals surface area contributed by atoms with Gasteiger partial charge in [-0.1, -0.05) is 25.0 Å². The topological polar surface area (TPSA) is 15.3 Å². The highest BCUT2D eigenvalue weighted by atomic mass is 19.2. The van der Waals surface area contributed by atoms with Crippen LogP contribution in [-0.4, -0.2) is 31.1 Å². The van der Waals surface area contributed by atoms with E-state index >= 15 is 0 Å². The Morgan fingerprint density at radius 2 is 1.95 bits per heavy atom. The average molecular weight is 266 g/mol. The molecule has 1 saturated carbocycles. The molecule has 19 heavy (non-hydrogen) atoms. The number of benzene rings is 1. The summed E-state index contributed by atoms with van der Waals surface area (Å²) in [5.74, 6) is -0.692. The van der Waals surface area contributed by atoms with Crippen LogP contribution in [0.15, 0.2) is 18.2 Å². The van der Waals surface area contributed by atoms with Crippen LogP contribution < -0.4 is 5.32 Å². The lowest BCUT2D eigenvalue weighted by Crippen LogP contribution is -2.45. The predicted molar refractivity (Wildman–Crippen MR) is 70.9 cm³/mol. The summed E-state index contributed by atoms with van der Waals surface area (Å²) in [5.41, 5.74) is 0.536. The predicted octanol–water partition coefficient (Wildman–Crippen LogP) is 2.71. The van der Waals surface area contributed by atoms with Gasteiger partial charge in [0.1, 0.15) is 0 Å². The van der Waals surface area contributed by atoms with E-state index in [0.29, 0.717) is 11.5 Å². The summed E-state index contributed by atoms with van der Waals surface area (Å²) in [5, 5.41) is 3.31. The Hall–Kier alpha value is -1.00. The number of hydrogen-bond acceptors (Lipinski definition) is 2. The molecular formula is C15H20F2N2. The molecule has 1 aromatic rings. The molecule has 2 aliphatic rings. The summed E-state index contributed by atoms with van der Waals surface area (Å²) >= 11 is 0. The monoisotopic (exact) mass is 266 g/mol. The van der Waals surface area contributed by atoms with Crippen LogP contribution in [0.4, 0.5) is 8.78 Å². The van der Waals surface area contributed by atoms with Gasteiger partial charge in [0.25, 0.3) is 0 Å². The number of piperazine rings is 1. The van der Waals surface area contributed by atoms with Gasteiger partial charge in [-0.05, 0) is 18.4 Å². The summed E-state index contributed by atoms with van der Waals surface area (Å²) in [6.45, 7) is 3.68. The Morgan fingerprint density at radius 3 is 2.63 bits per heavy atom. The van der Waals surface area contributed by atoms with Crippen LogP contribution in [0.3, 0.4) is 0 Å². The second-order valence-corrected chi connectivity index (χ2v) is 5.62. The quantitative estimate of drug-likeness (QED) is 0.901. The van der Waals surface area contributed by atoms with Crippen molar-refractivity contribution in [3.8, 4) is 0 Å². The van der Waals surface area contributed by atoms with Gasteiger partial charge in [-0.25, -0.2) is 8.78 Å². The summed E-state index contributed by atoms with van der Waals surface area (Å²) in [7, 11) is 0. The Kier molecular flexibility index (Phi) is 3.80. The molecule has 104 valence electrons. The zero-order chi connectivity index (χ0) is 13.2. The van der Waals surface area contributed by atoms with E-state index < -0.39 is 11.6 Å². The molecule has 0 radical (unpaired) electrons. The van der Waals surface area contributed by atoms with Crippen LogP contribution in [0.25, 0.3) is 0 Å². The molecule has 4 heteroatoms. The second kappa shape index (κ2) is 5.55. The van der Waals surface area contributed by atoms with Crippen molar-refractivity contribution in [3.63, 3.8) is 0 Å². The van der Waals surface area contributed by atoms with Gasteiger partial charge in [-0.15, -0.1) is 0 Å². The van der Waals surface area contributed by atoms with Crippen LogP contribution in [0.1, 0.15) is 30.9 Å². The SMILES string of the molecule is Fc1cccc([C@H](CC2CC2)N2CCNCC2)c1F. The molecule has 0 amide bonds. The minimum atomic E-state index is -0.728. The average Bonchev–Trinajstić information content (AvgIpc) is 3.25. The Morgan fingerprint density at radius 1 is 1.21 bits per heavy atom. The summed E-state index contributed by atoms with van der Waals surface area (Å²) in [6, 6.07) is 4.60. The van der Waals surface area contributed by atoms with E-state index in [9.17, 15) is 8.78 Å². The fourth-order valence-corrected chi connectivity index (χ4v) is 2.91. The Balaban J connectivity index is 1.86. The second-order valence-electron chi connectivity index (χ2n) is 5.62. The normalized spacial score (nSPS) is 22.4. The summed E-state index contributed by atoms with van der Waals surface area (Å²) in [4.78, 5) is 2.30. The first-order chi connectivity index (χ1) is 9.25. The molecule has 2 nitrogen and oxygen atoms in total. The van der Waals surface area contributed by atoms with E-state index in [-0.39, 0.29) is 6.04 Å². The van der Waals surface area contributed by atoms with Crippen LogP contribution in [0, 0.1) is 17.6 Å². The zero-order valence-electron chi connectivity index (χ0n) is 11.0. The van der Waals surface area contributed by atoms with Crippen molar-refractivity contribution < 1.29 is 8.78 Å². The standard InChI is InChI=1S/C15H20F2N2/c16-13-3-1-2-12(15(13)17)14(10-11-4-5-11)19-8-6-18-7-9-19/h1-3,11,14,18H,4-10H2/t14-/m0/s1. The molecule has 1 atom stereocenters. The van der Waals surface area contributed by atoms with Crippen LogP contribution >= 0.6 is 0 Å². The maximum absolute atomic E-state index is 14.1. The Bertz CT molecular complexity index is 440.